The van der Waals surface area contributed by atoms with Crippen LogP contribution in [0.4, 0.5) is 0 Å². The fourth-order valence-corrected chi connectivity index (χ4v) is 1.41. The number of fused-ring (bicyclic) bond motifs is 1. The minimum Gasteiger partial charge on any atom is -0.665 e. The molecule has 0 heterocycles. The monoisotopic (exact) mass is 253 g/mol. The molecular formula is C12H10O3V. The van der Waals surface area contributed by atoms with Crippen molar-refractivity contribution < 1.29 is 32.9 Å². The molecule has 1 aliphatic carbocycles. The quantitative estimate of drug-likeness (QED) is 0.568. The zero-order chi connectivity index (χ0) is 10.1. The molecule has 0 aromatic heterocycles. The van der Waals surface area contributed by atoms with Gasteiger partial charge < -0.3 is 12.2 Å². The Bertz CT molecular complexity index is 449. The smallest absolute Gasteiger partial charge is 0.665 e. The Kier molecular flexibility index (Phi) is 5.22. The van der Waals surface area contributed by atoms with E-state index in [1.54, 1.807) is 24.3 Å². The van der Waals surface area contributed by atoms with E-state index < -0.39 is 11.6 Å². The number of hydrogen-bond donors (Lipinski definition) is 0. The molecule has 0 aliphatic heterocycles. The van der Waals surface area contributed by atoms with Crippen LogP contribution in [0, 0.1) is 14.5 Å². The average molecular weight is 253 g/mol. The molecule has 3 nitrogen and oxygen atoms in total. The molecule has 1 aliphatic rings. The third-order valence-corrected chi connectivity index (χ3v) is 2.08. The van der Waals surface area contributed by atoms with Gasteiger partial charge in [0.2, 0.25) is 11.6 Å². The van der Waals surface area contributed by atoms with Gasteiger partial charge >= 0.3 is 18.6 Å². The third-order valence-electron chi connectivity index (χ3n) is 2.08. The second-order valence-electron chi connectivity index (χ2n) is 2.89. The van der Waals surface area contributed by atoms with Gasteiger partial charge in [0.05, 0.1) is 5.76 Å². The summed E-state index contributed by atoms with van der Waals surface area (Å²) in [6.45, 7) is 0. The van der Waals surface area contributed by atoms with Gasteiger partial charge in [0.15, 0.2) is 0 Å². The summed E-state index contributed by atoms with van der Waals surface area (Å²) in [6, 6.07) is 6.79. The predicted octanol–water partition coefficient (Wildman–Crippen LogP) is 2.05. The van der Waals surface area contributed by atoms with E-state index in [1.165, 1.54) is 0 Å². The molecule has 0 fully saturated rings. The van der Waals surface area contributed by atoms with Gasteiger partial charge in [-0.3, -0.25) is 9.59 Å². The Labute approximate surface area is 106 Å². The van der Waals surface area contributed by atoms with Gasteiger partial charge in [-0.2, -0.15) is 7.11 Å². The van der Waals surface area contributed by atoms with E-state index in [1.807, 2.05) is 0 Å². The van der Waals surface area contributed by atoms with E-state index in [-0.39, 0.29) is 26.0 Å². The summed E-state index contributed by atoms with van der Waals surface area (Å²) >= 11 is 0. The van der Waals surface area contributed by atoms with Crippen LogP contribution < -0.4 is 0 Å². The van der Waals surface area contributed by atoms with Gasteiger partial charge in [0, 0.05) is 17.2 Å². The maximum Gasteiger partial charge on any atom is 2.00 e. The number of ether oxygens (including phenoxy) is 1. The first-order valence-electron chi connectivity index (χ1n) is 4.06. The number of ketones is 2. The maximum atomic E-state index is 11.4. The Balaban J connectivity index is 0.00000112. The van der Waals surface area contributed by atoms with Crippen LogP contribution in [-0.2, 0) is 28.1 Å². The van der Waals surface area contributed by atoms with Crippen molar-refractivity contribution in [2.45, 2.75) is 0 Å². The molecule has 1 aromatic carbocycles. The van der Waals surface area contributed by atoms with Crippen molar-refractivity contribution in [1.82, 2.24) is 0 Å². The molecule has 0 amide bonds. The molecule has 2 rings (SSSR count). The van der Waals surface area contributed by atoms with Gasteiger partial charge in [0.1, 0.15) is 0 Å². The number of Topliss-reactive ketones (excluding diaryl/α,β-unsaturated/α-hetero) is 1. The van der Waals surface area contributed by atoms with Crippen molar-refractivity contribution in [2.24, 2.45) is 0 Å². The summed E-state index contributed by atoms with van der Waals surface area (Å²) < 4.78 is 4.77. The molecule has 16 heavy (non-hydrogen) atoms. The molecule has 0 unspecified atom stereocenters. The van der Waals surface area contributed by atoms with E-state index in [4.69, 9.17) is 4.74 Å². The Morgan fingerprint density at radius 1 is 1.06 bits per heavy atom. The van der Waals surface area contributed by atoms with Gasteiger partial charge in [0.25, 0.3) is 0 Å². The summed E-state index contributed by atoms with van der Waals surface area (Å²) in [5.74, 6) is -0.728. The van der Waals surface area contributed by atoms with Gasteiger partial charge in [-0.1, -0.05) is 24.3 Å². The molecular weight excluding hydrogens is 243 g/mol. The number of rotatable bonds is 1. The SMILES string of the molecule is [CH2-]OC1=CC(=O)C(=O)c2ccccc21.[CH3-].[V+2]. The molecule has 81 valence electrons. The van der Waals surface area contributed by atoms with Crippen LogP contribution in [0.3, 0.4) is 0 Å². The largest absolute Gasteiger partial charge is 2.00 e. The van der Waals surface area contributed by atoms with E-state index >= 15 is 0 Å². The summed E-state index contributed by atoms with van der Waals surface area (Å²) in [4.78, 5) is 22.6. The summed E-state index contributed by atoms with van der Waals surface area (Å²) in [5.41, 5.74) is 0.991. The fourth-order valence-electron chi connectivity index (χ4n) is 1.41. The van der Waals surface area contributed by atoms with Gasteiger partial charge in [-0.15, -0.1) is 0 Å². The molecule has 1 radical (unpaired) electrons. The summed E-state index contributed by atoms with van der Waals surface area (Å²) in [5, 5.41) is 0. The number of allylic oxidation sites excluding steroid dienone is 1. The Morgan fingerprint density at radius 2 is 1.62 bits per heavy atom. The minimum atomic E-state index is -0.567. The van der Waals surface area contributed by atoms with Crippen molar-refractivity contribution in [2.75, 3.05) is 0 Å². The van der Waals surface area contributed by atoms with E-state index in [0.29, 0.717) is 16.9 Å². The van der Waals surface area contributed by atoms with Crippen LogP contribution in [0.15, 0.2) is 30.3 Å². The van der Waals surface area contributed by atoms with Crippen LogP contribution in [-0.4, -0.2) is 11.6 Å². The van der Waals surface area contributed by atoms with E-state index in [9.17, 15) is 9.59 Å². The number of hydrogen-bond acceptors (Lipinski definition) is 3. The maximum absolute atomic E-state index is 11.4. The van der Waals surface area contributed by atoms with Crippen LogP contribution in [0.5, 0.6) is 0 Å². The standard InChI is InChI=1S/C11H7O3.CH3.V/c1-14-10-6-9(12)11(13)8-5-3-2-4-7(8)10;;/h2-6H,1H2;1H3;/q2*-1;+2. The molecule has 0 saturated heterocycles. The van der Waals surface area contributed by atoms with Crippen LogP contribution in [0.25, 0.3) is 5.76 Å². The fraction of sp³-hybridized carbons (Fsp3) is 0. The first kappa shape index (κ1) is 14.7. The number of carbonyl (C=O) groups excluding carboxylic acids is 2. The zero-order valence-corrected chi connectivity index (χ0v) is 10.2. The summed E-state index contributed by atoms with van der Waals surface area (Å²) in [6.07, 6.45) is 1.16. The summed E-state index contributed by atoms with van der Waals surface area (Å²) in [7, 11) is 3.24. The molecule has 0 N–H and O–H groups in total. The molecule has 0 bridgehead atoms. The second-order valence-corrected chi connectivity index (χ2v) is 2.89. The van der Waals surface area contributed by atoms with E-state index in [2.05, 4.69) is 7.11 Å². The van der Waals surface area contributed by atoms with Crippen LogP contribution in [0.1, 0.15) is 15.9 Å². The Hall–Kier alpha value is -1.32. The minimum absolute atomic E-state index is 0. The first-order valence-corrected chi connectivity index (χ1v) is 4.06. The third kappa shape index (κ3) is 2.26. The first-order chi connectivity index (χ1) is 6.74. The predicted molar refractivity (Wildman–Crippen MR) is 56.6 cm³/mol. The second kappa shape index (κ2) is 5.68. The van der Waals surface area contributed by atoms with Crippen molar-refractivity contribution in [1.29, 1.82) is 0 Å². The van der Waals surface area contributed by atoms with E-state index in [0.717, 1.165) is 6.08 Å². The molecule has 0 atom stereocenters. The Morgan fingerprint density at radius 3 is 2.19 bits per heavy atom. The molecule has 4 heteroatoms. The normalized spacial score (nSPS) is 12.9. The average Bonchev–Trinajstić information content (AvgIpc) is 2.23. The van der Waals surface area contributed by atoms with Crippen LogP contribution in [0.2, 0.25) is 0 Å². The van der Waals surface area contributed by atoms with Crippen LogP contribution >= 0.6 is 0 Å². The molecule has 1 aromatic rings. The van der Waals surface area contributed by atoms with Crippen molar-refractivity contribution in [3.05, 3.63) is 56.0 Å². The zero-order valence-electron chi connectivity index (χ0n) is 8.77. The van der Waals surface area contributed by atoms with Gasteiger partial charge in [-0.25, -0.2) is 0 Å². The molecule has 0 saturated carbocycles. The van der Waals surface area contributed by atoms with Crippen molar-refractivity contribution >= 4 is 17.3 Å². The number of carbonyl (C=O) groups is 2. The molecule has 0 spiro atoms. The van der Waals surface area contributed by atoms with Crippen molar-refractivity contribution in [3.63, 3.8) is 0 Å². The topological polar surface area (TPSA) is 43.4 Å². The van der Waals surface area contributed by atoms with Gasteiger partial charge in [-0.05, 0) is 0 Å². The number of benzene rings is 1. The van der Waals surface area contributed by atoms with Crippen molar-refractivity contribution in [3.8, 4) is 0 Å².